The Morgan fingerprint density at radius 1 is 1.26 bits per heavy atom. The molecule has 0 spiro atoms. The second-order valence-electron chi connectivity index (χ2n) is 4.23. The van der Waals surface area contributed by atoms with E-state index >= 15 is 0 Å². The smallest absolute Gasteiger partial charge is 0.248 e. The van der Waals surface area contributed by atoms with E-state index in [9.17, 15) is 9.18 Å². The van der Waals surface area contributed by atoms with Crippen LogP contribution in [-0.2, 0) is 4.79 Å². The number of rotatable bonds is 3. The summed E-state index contributed by atoms with van der Waals surface area (Å²) in [6.07, 6.45) is 2.91. The largest absolute Gasteiger partial charge is 0.462 e. The molecule has 0 fully saturated rings. The number of halogens is 1. The quantitative estimate of drug-likeness (QED) is 0.854. The Kier molecular flexibility index (Phi) is 3.80. The van der Waals surface area contributed by atoms with Crippen molar-refractivity contribution in [3.8, 4) is 0 Å². The van der Waals surface area contributed by atoms with E-state index in [-0.39, 0.29) is 11.7 Å². The monoisotopic (exact) mass is 259 g/mol. The van der Waals surface area contributed by atoms with E-state index in [1.165, 1.54) is 12.1 Å². The molecular weight excluding hydrogens is 245 g/mol. The third-order valence-electron chi connectivity index (χ3n) is 2.60. The Balaban J connectivity index is 2.01. The molecule has 1 N–H and O–H groups in total. The number of anilines is 1. The summed E-state index contributed by atoms with van der Waals surface area (Å²) in [5.74, 6) is 0.698. The van der Waals surface area contributed by atoms with E-state index < -0.39 is 0 Å². The molecule has 0 aliphatic carbocycles. The highest BCUT2D eigenvalue weighted by molar-refractivity contribution is 6.01. The van der Waals surface area contributed by atoms with E-state index in [4.69, 9.17) is 4.42 Å². The molecule has 1 aromatic heterocycles. The van der Waals surface area contributed by atoms with E-state index in [0.717, 1.165) is 5.76 Å². The van der Waals surface area contributed by atoms with E-state index in [2.05, 4.69) is 5.32 Å². The maximum atomic E-state index is 13.3. The number of furan rings is 1. The lowest BCUT2D eigenvalue weighted by Gasteiger charge is -2.03. The van der Waals surface area contributed by atoms with Crippen LogP contribution in [0.15, 0.2) is 40.8 Å². The molecule has 2 aromatic rings. The Hall–Kier alpha value is -2.36. The van der Waals surface area contributed by atoms with Crippen LogP contribution >= 0.6 is 0 Å². The van der Waals surface area contributed by atoms with Gasteiger partial charge >= 0.3 is 0 Å². The van der Waals surface area contributed by atoms with Crippen LogP contribution in [0.25, 0.3) is 6.08 Å². The zero-order valence-electron chi connectivity index (χ0n) is 10.7. The molecule has 0 aliphatic rings. The minimum absolute atomic E-state index is 0.336. The van der Waals surface area contributed by atoms with Crippen molar-refractivity contribution in [1.29, 1.82) is 0 Å². The van der Waals surface area contributed by atoms with Gasteiger partial charge in [-0.3, -0.25) is 4.79 Å². The van der Waals surface area contributed by atoms with Gasteiger partial charge in [0.15, 0.2) is 0 Å². The van der Waals surface area contributed by atoms with Gasteiger partial charge < -0.3 is 9.73 Å². The van der Waals surface area contributed by atoms with Gasteiger partial charge in [-0.15, -0.1) is 0 Å². The zero-order chi connectivity index (χ0) is 13.8. The summed E-state index contributed by atoms with van der Waals surface area (Å²) in [6.45, 7) is 3.49. The number of carbonyl (C=O) groups excluding carboxylic acids is 1. The third-order valence-corrected chi connectivity index (χ3v) is 2.60. The number of hydrogen-bond donors (Lipinski definition) is 1. The molecule has 1 amide bonds. The molecule has 19 heavy (non-hydrogen) atoms. The summed E-state index contributed by atoms with van der Waals surface area (Å²) in [7, 11) is 0. The SMILES string of the molecule is Cc1ccc(/C=C/C(=O)Nc2ccc(C)c(F)c2)o1. The highest BCUT2D eigenvalue weighted by atomic mass is 19.1. The molecule has 0 atom stereocenters. The molecule has 2 rings (SSSR count). The molecule has 3 nitrogen and oxygen atoms in total. The van der Waals surface area contributed by atoms with Gasteiger partial charge in [0.25, 0.3) is 0 Å². The number of amides is 1. The Morgan fingerprint density at radius 3 is 2.68 bits per heavy atom. The van der Waals surface area contributed by atoms with Gasteiger partial charge in [0, 0.05) is 11.8 Å². The molecule has 1 aromatic carbocycles. The Labute approximate surface area is 110 Å². The summed E-state index contributed by atoms with van der Waals surface area (Å²) in [6, 6.07) is 8.14. The highest BCUT2D eigenvalue weighted by Gasteiger charge is 2.02. The molecule has 0 unspecified atom stereocenters. The predicted molar refractivity (Wildman–Crippen MR) is 72.2 cm³/mol. The second kappa shape index (κ2) is 5.52. The first kappa shape index (κ1) is 13.1. The lowest BCUT2D eigenvalue weighted by molar-refractivity contribution is -0.111. The lowest BCUT2D eigenvalue weighted by atomic mass is 10.2. The van der Waals surface area contributed by atoms with Crippen LogP contribution in [-0.4, -0.2) is 5.91 Å². The molecule has 4 heteroatoms. The minimum atomic E-state index is -0.344. The fraction of sp³-hybridized carbons (Fsp3) is 0.133. The summed E-state index contributed by atoms with van der Waals surface area (Å²) >= 11 is 0. The van der Waals surface area contributed by atoms with Gasteiger partial charge in [0.05, 0.1) is 0 Å². The Bertz CT molecular complexity index is 629. The van der Waals surface area contributed by atoms with Crippen molar-refractivity contribution < 1.29 is 13.6 Å². The average Bonchev–Trinajstić information content (AvgIpc) is 2.77. The summed E-state index contributed by atoms with van der Waals surface area (Å²) in [5, 5.41) is 2.58. The van der Waals surface area contributed by atoms with E-state index in [1.807, 2.05) is 13.0 Å². The number of benzene rings is 1. The molecule has 98 valence electrons. The number of carbonyl (C=O) groups is 1. The van der Waals surface area contributed by atoms with Crippen molar-refractivity contribution in [2.75, 3.05) is 5.32 Å². The van der Waals surface area contributed by atoms with E-state index in [0.29, 0.717) is 17.0 Å². The van der Waals surface area contributed by atoms with Gasteiger partial charge in [-0.1, -0.05) is 6.07 Å². The zero-order valence-corrected chi connectivity index (χ0v) is 10.7. The number of hydrogen-bond acceptors (Lipinski definition) is 2. The van der Waals surface area contributed by atoms with Gasteiger partial charge in [-0.05, 0) is 49.8 Å². The molecule has 0 bridgehead atoms. The second-order valence-corrected chi connectivity index (χ2v) is 4.23. The van der Waals surface area contributed by atoms with Gasteiger partial charge in [-0.2, -0.15) is 0 Å². The first-order chi connectivity index (χ1) is 9.04. The van der Waals surface area contributed by atoms with Crippen LogP contribution in [0.1, 0.15) is 17.1 Å². The van der Waals surface area contributed by atoms with Crippen molar-refractivity contribution in [2.24, 2.45) is 0 Å². The van der Waals surface area contributed by atoms with Crippen LogP contribution < -0.4 is 5.32 Å². The maximum Gasteiger partial charge on any atom is 0.248 e. The summed E-state index contributed by atoms with van der Waals surface area (Å²) in [4.78, 5) is 11.6. The first-order valence-corrected chi connectivity index (χ1v) is 5.86. The van der Waals surface area contributed by atoms with Crippen LogP contribution in [0.4, 0.5) is 10.1 Å². The fourth-order valence-electron chi connectivity index (χ4n) is 1.56. The lowest BCUT2D eigenvalue weighted by Crippen LogP contribution is -2.07. The topological polar surface area (TPSA) is 42.2 Å². The van der Waals surface area contributed by atoms with Crippen molar-refractivity contribution >= 4 is 17.7 Å². The van der Waals surface area contributed by atoms with Crippen molar-refractivity contribution in [3.63, 3.8) is 0 Å². The van der Waals surface area contributed by atoms with Crippen LogP contribution in [0.5, 0.6) is 0 Å². The fourth-order valence-corrected chi connectivity index (χ4v) is 1.56. The van der Waals surface area contributed by atoms with E-state index in [1.54, 1.807) is 31.2 Å². The molecule has 0 saturated carbocycles. The molecule has 0 radical (unpaired) electrons. The molecular formula is C15H14FNO2. The summed E-state index contributed by atoms with van der Waals surface area (Å²) in [5.41, 5.74) is 0.966. The van der Waals surface area contributed by atoms with Crippen molar-refractivity contribution in [3.05, 3.63) is 59.3 Å². The van der Waals surface area contributed by atoms with Crippen LogP contribution in [0, 0.1) is 19.7 Å². The summed E-state index contributed by atoms with van der Waals surface area (Å²) < 4.78 is 18.6. The standard InChI is InChI=1S/C15H14FNO2/c1-10-3-5-12(9-14(10)16)17-15(18)8-7-13-6-4-11(2)19-13/h3-9H,1-2H3,(H,17,18)/b8-7+. The van der Waals surface area contributed by atoms with Gasteiger partial charge in [-0.25, -0.2) is 4.39 Å². The highest BCUT2D eigenvalue weighted by Crippen LogP contribution is 2.14. The Morgan fingerprint density at radius 2 is 2.05 bits per heavy atom. The number of nitrogens with one attached hydrogen (secondary N) is 1. The molecule has 0 aliphatic heterocycles. The predicted octanol–water partition coefficient (Wildman–Crippen LogP) is 3.69. The minimum Gasteiger partial charge on any atom is -0.462 e. The first-order valence-electron chi connectivity index (χ1n) is 5.86. The van der Waals surface area contributed by atoms with Crippen molar-refractivity contribution in [2.45, 2.75) is 13.8 Å². The normalized spacial score (nSPS) is 10.9. The number of aryl methyl sites for hydroxylation is 2. The molecule has 1 heterocycles. The van der Waals surface area contributed by atoms with Crippen LogP contribution in [0.2, 0.25) is 0 Å². The maximum absolute atomic E-state index is 13.3. The van der Waals surface area contributed by atoms with Gasteiger partial charge in [0.1, 0.15) is 17.3 Å². The third kappa shape index (κ3) is 3.55. The average molecular weight is 259 g/mol. The van der Waals surface area contributed by atoms with Crippen molar-refractivity contribution in [1.82, 2.24) is 0 Å². The van der Waals surface area contributed by atoms with Crippen LogP contribution in [0.3, 0.4) is 0 Å². The molecule has 0 saturated heterocycles. The van der Waals surface area contributed by atoms with Gasteiger partial charge in [0.2, 0.25) is 5.91 Å².